The Balaban J connectivity index is 2.85. The maximum Gasteiger partial charge on any atom is 0.270 e. The number of aryl methyl sites for hydroxylation is 1. The fraction of sp³-hybridized carbons (Fsp3) is 0.167. The molecule has 88 valence electrons. The molecule has 2 rings (SSSR count). The molecule has 0 aliphatic heterocycles. The van der Waals surface area contributed by atoms with Crippen LogP contribution >= 0.6 is 0 Å². The van der Waals surface area contributed by atoms with Crippen molar-refractivity contribution in [2.45, 2.75) is 13.5 Å². The van der Waals surface area contributed by atoms with Crippen LogP contribution in [0.3, 0.4) is 0 Å². The number of hydrogen-bond donors (Lipinski definition) is 2. The second-order valence-electron chi connectivity index (χ2n) is 3.64. The summed E-state index contributed by atoms with van der Waals surface area (Å²) in [5.74, 6) is 4.49. The first kappa shape index (κ1) is 11.3. The maximum atomic E-state index is 12.1. The van der Waals surface area contributed by atoms with E-state index in [4.69, 9.17) is 5.84 Å². The summed E-state index contributed by atoms with van der Waals surface area (Å²) in [6.45, 7) is 2.36. The highest BCUT2D eigenvalue weighted by atomic mass is 16.2. The van der Waals surface area contributed by atoms with E-state index in [1.807, 2.05) is 36.6 Å². The molecule has 0 unspecified atom stereocenters. The number of hydrazine groups is 1. The molecule has 0 aliphatic carbocycles. The van der Waals surface area contributed by atoms with Crippen LogP contribution in [0.4, 0.5) is 0 Å². The third-order valence-corrected chi connectivity index (χ3v) is 2.69. The van der Waals surface area contributed by atoms with Gasteiger partial charge in [0.2, 0.25) is 0 Å². The number of nitrogens with one attached hydrogen (secondary N) is 1. The Morgan fingerprint density at radius 1 is 1.41 bits per heavy atom. The van der Waals surface area contributed by atoms with Gasteiger partial charge in [-0.15, -0.1) is 0 Å². The first-order valence-corrected chi connectivity index (χ1v) is 5.32. The summed E-state index contributed by atoms with van der Waals surface area (Å²) >= 11 is 0. The van der Waals surface area contributed by atoms with E-state index in [0.29, 0.717) is 6.54 Å². The summed E-state index contributed by atoms with van der Waals surface area (Å²) in [4.78, 5) is 23.6. The van der Waals surface area contributed by atoms with Crippen molar-refractivity contribution in [2.24, 2.45) is 5.84 Å². The molecule has 0 atom stereocenters. The first-order valence-electron chi connectivity index (χ1n) is 5.32. The summed E-state index contributed by atoms with van der Waals surface area (Å²) in [5, 5.41) is 0.840. The molecule has 0 saturated carbocycles. The van der Waals surface area contributed by atoms with Gasteiger partial charge in [0.05, 0.1) is 5.52 Å². The minimum Gasteiger partial charge on any atom is -0.308 e. The van der Waals surface area contributed by atoms with Gasteiger partial charge in [-0.25, -0.2) is 5.84 Å². The zero-order valence-corrected chi connectivity index (χ0v) is 9.43. The molecule has 1 aromatic heterocycles. The average Bonchev–Trinajstić information content (AvgIpc) is 2.37. The molecule has 17 heavy (non-hydrogen) atoms. The molecule has 0 spiro atoms. The smallest absolute Gasteiger partial charge is 0.270 e. The number of carbonyl (C=O) groups excluding carboxylic acids is 1. The molecule has 0 saturated heterocycles. The molecular weight excluding hydrogens is 218 g/mol. The van der Waals surface area contributed by atoms with Gasteiger partial charge in [0.1, 0.15) is 5.56 Å². The van der Waals surface area contributed by atoms with E-state index in [2.05, 4.69) is 0 Å². The van der Waals surface area contributed by atoms with E-state index in [1.165, 1.54) is 0 Å². The van der Waals surface area contributed by atoms with Crippen LogP contribution in [0.2, 0.25) is 0 Å². The Hall–Kier alpha value is -2.14. The van der Waals surface area contributed by atoms with Gasteiger partial charge in [-0.1, -0.05) is 18.2 Å². The lowest BCUT2D eigenvalue weighted by Gasteiger charge is -2.09. The monoisotopic (exact) mass is 231 g/mol. The van der Waals surface area contributed by atoms with Crippen molar-refractivity contribution in [3.63, 3.8) is 0 Å². The molecular formula is C12H13N3O2. The van der Waals surface area contributed by atoms with Crippen molar-refractivity contribution in [1.82, 2.24) is 9.99 Å². The summed E-state index contributed by atoms with van der Waals surface area (Å²) in [6, 6.07) is 8.98. The number of rotatable bonds is 2. The lowest BCUT2D eigenvalue weighted by molar-refractivity contribution is 0.0952. The van der Waals surface area contributed by atoms with Crippen LogP contribution in [0.1, 0.15) is 17.3 Å². The number of carbonyl (C=O) groups is 1. The topological polar surface area (TPSA) is 77.1 Å². The number of benzene rings is 1. The van der Waals surface area contributed by atoms with Gasteiger partial charge < -0.3 is 4.57 Å². The molecule has 0 fully saturated rings. The van der Waals surface area contributed by atoms with Crippen molar-refractivity contribution in [1.29, 1.82) is 0 Å². The summed E-state index contributed by atoms with van der Waals surface area (Å²) < 4.78 is 1.56. The van der Waals surface area contributed by atoms with Crippen LogP contribution in [0.5, 0.6) is 0 Å². The number of nitrogens with two attached hydrogens (primary N) is 1. The molecule has 1 heterocycles. The fourth-order valence-corrected chi connectivity index (χ4v) is 1.88. The van der Waals surface area contributed by atoms with Crippen LogP contribution in [-0.2, 0) is 6.54 Å². The van der Waals surface area contributed by atoms with E-state index in [0.717, 1.165) is 10.9 Å². The van der Waals surface area contributed by atoms with Crippen molar-refractivity contribution in [2.75, 3.05) is 0 Å². The number of hydrogen-bond acceptors (Lipinski definition) is 3. The number of nitrogens with zero attached hydrogens (tertiary/aromatic N) is 1. The highest BCUT2D eigenvalue weighted by Crippen LogP contribution is 2.13. The Morgan fingerprint density at radius 2 is 2.12 bits per heavy atom. The third kappa shape index (κ3) is 1.81. The number of para-hydroxylation sites is 1. The summed E-state index contributed by atoms with van der Waals surface area (Å²) in [7, 11) is 0. The van der Waals surface area contributed by atoms with E-state index in [1.54, 1.807) is 10.6 Å². The zero-order chi connectivity index (χ0) is 12.4. The Labute approximate surface area is 97.8 Å². The number of aromatic nitrogens is 1. The van der Waals surface area contributed by atoms with Gasteiger partial charge in [-0.2, -0.15) is 0 Å². The lowest BCUT2D eigenvalue weighted by atomic mass is 10.1. The first-order chi connectivity index (χ1) is 8.19. The highest BCUT2D eigenvalue weighted by molar-refractivity contribution is 5.97. The SMILES string of the molecule is CCn1c(=O)c(C(=O)NN)cc2ccccc21. The zero-order valence-electron chi connectivity index (χ0n) is 9.43. The van der Waals surface area contributed by atoms with Crippen molar-refractivity contribution in [3.8, 4) is 0 Å². The Kier molecular flexibility index (Phi) is 2.93. The third-order valence-electron chi connectivity index (χ3n) is 2.69. The van der Waals surface area contributed by atoms with Crippen molar-refractivity contribution in [3.05, 3.63) is 46.2 Å². The largest absolute Gasteiger partial charge is 0.308 e. The maximum absolute atomic E-state index is 12.1. The highest BCUT2D eigenvalue weighted by Gasteiger charge is 2.13. The van der Waals surface area contributed by atoms with Crippen molar-refractivity contribution >= 4 is 16.8 Å². The predicted octanol–water partition coefficient (Wildman–Crippen LogP) is 0.625. The van der Waals surface area contributed by atoms with Crippen LogP contribution in [-0.4, -0.2) is 10.5 Å². The Bertz CT molecular complexity index is 631. The minimum atomic E-state index is -0.567. The number of fused-ring (bicyclic) bond motifs is 1. The molecule has 0 bridgehead atoms. The summed E-state index contributed by atoms with van der Waals surface area (Å²) in [5.41, 5.74) is 2.54. The Morgan fingerprint density at radius 3 is 2.76 bits per heavy atom. The van der Waals surface area contributed by atoms with Crippen molar-refractivity contribution < 1.29 is 4.79 Å². The van der Waals surface area contributed by atoms with Gasteiger partial charge in [0.25, 0.3) is 11.5 Å². The van der Waals surface area contributed by atoms with E-state index in [9.17, 15) is 9.59 Å². The van der Waals surface area contributed by atoms with Gasteiger partial charge in [-0.3, -0.25) is 15.0 Å². The second-order valence-corrected chi connectivity index (χ2v) is 3.64. The van der Waals surface area contributed by atoms with Crippen LogP contribution in [0, 0.1) is 0 Å². The van der Waals surface area contributed by atoms with E-state index >= 15 is 0 Å². The van der Waals surface area contributed by atoms with E-state index < -0.39 is 5.91 Å². The molecule has 5 heteroatoms. The number of pyridine rings is 1. The van der Waals surface area contributed by atoms with Crippen LogP contribution in [0.15, 0.2) is 35.1 Å². The second kappa shape index (κ2) is 4.39. The van der Waals surface area contributed by atoms with Crippen LogP contribution in [0.25, 0.3) is 10.9 Å². The molecule has 1 amide bonds. The quantitative estimate of drug-likeness (QED) is 0.452. The molecule has 5 nitrogen and oxygen atoms in total. The van der Waals surface area contributed by atoms with E-state index in [-0.39, 0.29) is 11.1 Å². The predicted molar refractivity (Wildman–Crippen MR) is 65.5 cm³/mol. The lowest BCUT2D eigenvalue weighted by Crippen LogP contribution is -2.36. The normalized spacial score (nSPS) is 10.5. The van der Waals surface area contributed by atoms with Gasteiger partial charge >= 0.3 is 0 Å². The molecule has 1 aromatic carbocycles. The number of amides is 1. The standard InChI is InChI=1S/C12H13N3O2/c1-2-15-10-6-4-3-5-8(10)7-9(12(15)17)11(16)14-13/h3-7H,2,13H2,1H3,(H,14,16). The van der Waals surface area contributed by atoms with Gasteiger partial charge in [0, 0.05) is 6.54 Å². The molecule has 2 aromatic rings. The average molecular weight is 231 g/mol. The van der Waals surface area contributed by atoms with Gasteiger partial charge in [-0.05, 0) is 24.4 Å². The fourth-order valence-electron chi connectivity index (χ4n) is 1.88. The molecule has 0 radical (unpaired) electrons. The van der Waals surface area contributed by atoms with Gasteiger partial charge in [0.15, 0.2) is 0 Å². The van der Waals surface area contributed by atoms with Crippen LogP contribution < -0.4 is 16.8 Å². The summed E-state index contributed by atoms with van der Waals surface area (Å²) in [6.07, 6.45) is 0. The molecule has 0 aliphatic rings. The number of nitrogen functional groups attached to an aromatic ring is 1. The molecule has 3 N–H and O–H groups in total. The minimum absolute atomic E-state index is 0.0630.